The van der Waals surface area contributed by atoms with Crippen LogP contribution in [-0.4, -0.2) is 35.0 Å². The Hall–Kier alpha value is -2.27. The number of thioether (sulfide) groups is 1. The van der Waals surface area contributed by atoms with Crippen LogP contribution in [0.1, 0.15) is 29.3 Å². The number of nitrogens with zero attached hydrogens (tertiary/aromatic N) is 1. The average Bonchev–Trinajstić information content (AvgIpc) is 2.61. The van der Waals surface area contributed by atoms with Gasteiger partial charge < -0.3 is 10.0 Å². The predicted octanol–water partition coefficient (Wildman–Crippen LogP) is 3.92. The van der Waals surface area contributed by atoms with E-state index in [-0.39, 0.29) is 18.9 Å². The largest absolute Gasteiger partial charge is 0.481 e. The summed E-state index contributed by atoms with van der Waals surface area (Å²) in [6.45, 7) is 2.58. The van der Waals surface area contributed by atoms with E-state index >= 15 is 0 Å². The summed E-state index contributed by atoms with van der Waals surface area (Å²) >= 11 is 1.75. The number of carbonyl (C=O) groups excluding carboxylic acids is 1. The van der Waals surface area contributed by atoms with Gasteiger partial charge in [-0.15, -0.1) is 11.8 Å². The summed E-state index contributed by atoms with van der Waals surface area (Å²) in [5, 5.41) is 8.76. The Labute approximate surface area is 146 Å². The van der Waals surface area contributed by atoms with Crippen molar-refractivity contribution >= 4 is 23.6 Å². The molecule has 24 heavy (non-hydrogen) atoms. The molecule has 0 aliphatic carbocycles. The van der Waals surface area contributed by atoms with Gasteiger partial charge in [0.1, 0.15) is 0 Å². The molecule has 0 unspecified atom stereocenters. The molecule has 2 rings (SSSR count). The minimum Gasteiger partial charge on any atom is -0.481 e. The summed E-state index contributed by atoms with van der Waals surface area (Å²) in [7, 11) is 0. The first-order valence-corrected chi connectivity index (χ1v) is 8.86. The summed E-state index contributed by atoms with van der Waals surface area (Å²) in [5.41, 5.74) is 1.74. The number of amides is 1. The lowest BCUT2D eigenvalue weighted by Crippen LogP contribution is -2.32. The van der Waals surface area contributed by atoms with Crippen LogP contribution in [0.25, 0.3) is 0 Å². The molecule has 4 nitrogen and oxygen atoms in total. The van der Waals surface area contributed by atoms with Crippen LogP contribution in [0.4, 0.5) is 0 Å². The summed E-state index contributed by atoms with van der Waals surface area (Å²) in [4.78, 5) is 25.8. The number of carbonyl (C=O) groups is 2. The van der Waals surface area contributed by atoms with Crippen molar-refractivity contribution < 1.29 is 14.7 Å². The van der Waals surface area contributed by atoms with Crippen LogP contribution in [0.3, 0.4) is 0 Å². The highest BCUT2D eigenvalue weighted by atomic mass is 32.2. The first-order valence-electron chi connectivity index (χ1n) is 7.88. The fourth-order valence-corrected chi connectivity index (χ4v) is 3.12. The fourth-order valence-electron chi connectivity index (χ4n) is 2.24. The molecule has 126 valence electrons. The Balaban J connectivity index is 1.94. The van der Waals surface area contributed by atoms with Crippen LogP contribution in [0, 0.1) is 0 Å². The molecule has 5 heteroatoms. The van der Waals surface area contributed by atoms with E-state index in [1.807, 2.05) is 49.4 Å². The minimum atomic E-state index is -0.894. The van der Waals surface area contributed by atoms with E-state index < -0.39 is 5.97 Å². The number of carboxylic acid groups (broad SMARTS) is 1. The van der Waals surface area contributed by atoms with Gasteiger partial charge in [0.15, 0.2) is 0 Å². The third-order valence-corrected chi connectivity index (χ3v) is 4.70. The second-order valence-corrected chi connectivity index (χ2v) is 6.38. The smallest absolute Gasteiger partial charge is 0.305 e. The molecule has 0 atom stereocenters. The minimum absolute atomic E-state index is 0.0363. The first-order chi connectivity index (χ1) is 11.6. The topological polar surface area (TPSA) is 57.6 Å². The van der Waals surface area contributed by atoms with Crippen molar-refractivity contribution in [1.82, 2.24) is 4.90 Å². The zero-order valence-electron chi connectivity index (χ0n) is 13.6. The van der Waals surface area contributed by atoms with Gasteiger partial charge in [-0.1, -0.05) is 30.3 Å². The first kappa shape index (κ1) is 18.1. The predicted molar refractivity (Wildman–Crippen MR) is 96.3 cm³/mol. The number of benzene rings is 2. The maximum atomic E-state index is 12.4. The van der Waals surface area contributed by atoms with Gasteiger partial charge in [0.05, 0.1) is 6.42 Å². The van der Waals surface area contributed by atoms with Crippen molar-refractivity contribution in [3.63, 3.8) is 0 Å². The lowest BCUT2D eigenvalue weighted by molar-refractivity contribution is -0.137. The summed E-state index contributed by atoms with van der Waals surface area (Å²) in [6.07, 6.45) is -0.0363. The van der Waals surface area contributed by atoms with Gasteiger partial charge in [0.2, 0.25) is 0 Å². The maximum Gasteiger partial charge on any atom is 0.305 e. The molecule has 0 fully saturated rings. The highest BCUT2D eigenvalue weighted by Crippen LogP contribution is 2.22. The second kappa shape index (κ2) is 9.13. The molecular formula is C19H21NO3S. The van der Waals surface area contributed by atoms with Crippen LogP contribution in [0.2, 0.25) is 0 Å². The van der Waals surface area contributed by atoms with E-state index in [1.54, 1.807) is 16.7 Å². The summed E-state index contributed by atoms with van der Waals surface area (Å²) in [6, 6.07) is 17.7. The van der Waals surface area contributed by atoms with Crippen LogP contribution in [0.5, 0.6) is 0 Å². The summed E-state index contributed by atoms with van der Waals surface area (Å²) in [5.74, 6) is -0.176. The number of rotatable bonds is 8. The Morgan fingerprint density at radius 2 is 1.71 bits per heavy atom. The zero-order valence-corrected chi connectivity index (χ0v) is 14.5. The fraction of sp³-hybridized carbons (Fsp3) is 0.263. The molecule has 0 spiro atoms. The number of carboxylic acids is 1. The van der Waals surface area contributed by atoms with Gasteiger partial charge in [-0.2, -0.15) is 0 Å². The normalized spacial score (nSPS) is 10.4. The Morgan fingerprint density at radius 3 is 2.29 bits per heavy atom. The standard InChI is InChI=1S/C19H21NO3S/c1-2-20(13-12-18(21)22)19(23)16-10-8-15(9-11-16)14-24-17-6-4-3-5-7-17/h3-11H,2,12-14H2,1H3,(H,21,22). The molecule has 2 aromatic rings. The van der Waals surface area contributed by atoms with Crippen molar-refractivity contribution in [2.75, 3.05) is 13.1 Å². The number of aliphatic carboxylic acids is 1. The van der Waals surface area contributed by atoms with Gasteiger partial charge in [0.25, 0.3) is 5.91 Å². The lowest BCUT2D eigenvalue weighted by atomic mass is 10.1. The Kier molecular flexibility index (Phi) is 6.88. The third kappa shape index (κ3) is 5.42. The van der Waals surface area contributed by atoms with Gasteiger partial charge in [-0.05, 0) is 36.8 Å². The molecule has 0 aliphatic heterocycles. The van der Waals surface area contributed by atoms with Crippen molar-refractivity contribution in [2.24, 2.45) is 0 Å². The molecular weight excluding hydrogens is 322 g/mol. The second-order valence-electron chi connectivity index (χ2n) is 5.33. The molecule has 0 saturated heterocycles. The van der Waals surface area contributed by atoms with Crippen LogP contribution in [-0.2, 0) is 10.5 Å². The maximum absolute atomic E-state index is 12.4. The van der Waals surface area contributed by atoms with E-state index in [1.165, 1.54) is 4.90 Å². The molecule has 1 N–H and O–H groups in total. The zero-order chi connectivity index (χ0) is 17.4. The number of hydrogen-bond acceptors (Lipinski definition) is 3. The SMILES string of the molecule is CCN(CCC(=O)O)C(=O)c1ccc(CSc2ccccc2)cc1. The van der Waals surface area contributed by atoms with Crippen molar-refractivity contribution in [1.29, 1.82) is 0 Å². The average molecular weight is 343 g/mol. The molecule has 0 bridgehead atoms. The van der Waals surface area contributed by atoms with Gasteiger partial charge in [-0.3, -0.25) is 9.59 Å². The molecule has 1 amide bonds. The molecule has 0 aliphatic rings. The Bertz CT molecular complexity index is 671. The summed E-state index contributed by atoms with van der Waals surface area (Å²) < 4.78 is 0. The quantitative estimate of drug-likeness (QED) is 0.738. The van der Waals surface area contributed by atoms with E-state index in [4.69, 9.17) is 5.11 Å². The molecule has 0 heterocycles. The van der Waals surface area contributed by atoms with Gasteiger partial charge in [-0.25, -0.2) is 0 Å². The number of hydrogen-bond donors (Lipinski definition) is 1. The van der Waals surface area contributed by atoms with E-state index in [0.717, 1.165) is 11.3 Å². The van der Waals surface area contributed by atoms with Crippen LogP contribution < -0.4 is 0 Å². The Morgan fingerprint density at radius 1 is 1.04 bits per heavy atom. The van der Waals surface area contributed by atoms with Crippen molar-refractivity contribution in [2.45, 2.75) is 24.0 Å². The van der Waals surface area contributed by atoms with E-state index in [2.05, 4.69) is 12.1 Å². The third-order valence-electron chi connectivity index (χ3n) is 3.61. The van der Waals surface area contributed by atoms with E-state index in [0.29, 0.717) is 12.1 Å². The van der Waals surface area contributed by atoms with Crippen LogP contribution in [0.15, 0.2) is 59.5 Å². The molecule has 2 aromatic carbocycles. The molecule has 0 aromatic heterocycles. The van der Waals surface area contributed by atoms with Crippen molar-refractivity contribution in [3.8, 4) is 0 Å². The van der Waals surface area contributed by atoms with Gasteiger partial charge >= 0.3 is 5.97 Å². The van der Waals surface area contributed by atoms with Crippen molar-refractivity contribution in [3.05, 3.63) is 65.7 Å². The molecule has 0 saturated carbocycles. The highest BCUT2D eigenvalue weighted by molar-refractivity contribution is 7.98. The lowest BCUT2D eigenvalue weighted by Gasteiger charge is -2.20. The van der Waals surface area contributed by atoms with E-state index in [9.17, 15) is 9.59 Å². The van der Waals surface area contributed by atoms with Gasteiger partial charge in [0, 0.05) is 29.3 Å². The monoisotopic (exact) mass is 343 g/mol. The van der Waals surface area contributed by atoms with Crippen LogP contribution >= 0.6 is 11.8 Å². The highest BCUT2D eigenvalue weighted by Gasteiger charge is 2.15. The molecule has 0 radical (unpaired) electrons.